The normalized spacial score (nSPS) is 42.7. The lowest BCUT2D eigenvalue weighted by Gasteiger charge is -2.64. The maximum Gasteiger partial charge on any atom is 0.124 e. The van der Waals surface area contributed by atoms with Crippen LogP contribution in [0.15, 0.2) is 24.3 Å². The first-order valence-electron chi connectivity index (χ1n) is 8.98. The molecule has 2 nitrogen and oxygen atoms in total. The molecule has 0 aliphatic heterocycles. The Bertz CT molecular complexity index is 563. The van der Waals surface area contributed by atoms with Crippen molar-refractivity contribution in [2.24, 2.45) is 22.2 Å². The van der Waals surface area contributed by atoms with E-state index in [4.69, 9.17) is 0 Å². The summed E-state index contributed by atoms with van der Waals surface area (Å²) in [5.41, 5.74) is 2.85. The monoisotopic (exact) mass is 300 g/mol. The molecule has 4 aliphatic rings. The largest absolute Gasteiger partial charge is 0.507 e. The average Bonchev–Trinajstić information content (AvgIpc) is 2.36. The second kappa shape index (κ2) is 4.74. The number of phenols is 1. The Morgan fingerprint density at radius 1 is 1.05 bits per heavy atom. The fraction of sp³-hybridized carbons (Fsp3) is 0.700. The van der Waals surface area contributed by atoms with E-state index in [1.165, 1.54) is 45.1 Å². The first-order chi connectivity index (χ1) is 10.4. The molecular formula is C20H30NO+. The number of hydrogen-bond donors (Lipinski definition) is 2. The molecule has 3 N–H and O–H groups in total. The zero-order valence-electron chi connectivity index (χ0n) is 14.1. The van der Waals surface area contributed by atoms with Crippen molar-refractivity contribution < 1.29 is 10.4 Å². The molecule has 22 heavy (non-hydrogen) atoms. The second-order valence-corrected chi connectivity index (χ2v) is 9.46. The predicted molar refractivity (Wildman–Crippen MR) is 88.4 cm³/mol. The minimum atomic E-state index is 0.447. The second-order valence-electron chi connectivity index (χ2n) is 9.46. The van der Waals surface area contributed by atoms with Gasteiger partial charge in [0.25, 0.3) is 0 Å². The van der Waals surface area contributed by atoms with Gasteiger partial charge in [0.05, 0.1) is 6.54 Å². The van der Waals surface area contributed by atoms with Crippen molar-refractivity contribution >= 4 is 0 Å². The van der Waals surface area contributed by atoms with Gasteiger partial charge < -0.3 is 10.4 Å². The first-order valence-corrected chi connectivity index (χ1v) is 8.98. The van der Waals surface area contributed by atoms with Crippen LogP contribution in [0.3, 0.4) is 0 Å². The highest BCUT2D eigenvalue weighted by Crippen LogP contribution is 2.69. The number of aromatic hydroxyl groups is 1. The number of benzene rings is 1. The van der Waals surface area contributed by atoms with Crippen molar-refractivity contribution in [3.8, 4) is 5.75 Å². The third-order valence-corrected chi connectivity index (χ3v) is 6.67. The Kier molecular flexibility index (Phi) is 3.14. The summed E-state index contributed by atoms with van der Waals surface area (Å²) < 4.78 is 0. The highest BCUT2D eigenvalue weighted by Gasteiger charge is 2.60. The number of phenolic OH excluding ortho intramolecular Hbond substituents is 1. The molecule has 1 aromatic rings. The number of hydrogen-bond acceptors (Lipinski definition) is 1. The molecule has 120 valence electrons. The van der Waals surface area contributed by atoms with Crippen molar-refractivity contribution in [3.05, 3.63) is 29.8 Å². The lowest BCUT2D eigenvalue weighted by atomic mass is 9.40. The zero-order valence-corrected chi connectivity index (χ0v) is 14.1. The minimum absolute atomic E-state index is 0.447. The first kappa shape index (κ1) is 14.6. The van der Waals surface area contributed by atoms with Crippen LogP contribution in [-0.4, -0.2) is 11.7 Å². The molecule has 0 radical (unpaired) electrons. The van der Waals surface area contributed by atoms with Gasteiger partial charge in [-0.2, -0.15) is 0 Å². The summed E-state index contributed by atoms with van der Waals surface area (Å²) >= 11 is 0. The van der Waals surface area contributed by atoms with Crippen LogP contribution < -0.4 is 5.32 Å². The Balaban J connectivity index is 1.46. The molecular weight excluding hydrogens is 270 g/mol. The fourth-order valence-corrected chi connectivity index (χ4v) is 7.13. The van der Waals surface area contributed by atoms with Crippen molar-refractivity contribution in [2.75, 3.05) is 6.54 Å². The van der Waals surface area contributed by atoms with Gasteiger partial charge in [-0.25, -0.2) is 0 Å². The van der Waals surface area contributed by atoms with Gasteiger partial charge in [-0.3, -0.25) is 0 Å². The number of rotatable bonds is 4. The molecule has 0 spiro atoms. The topological polar surface area (TPSA) is 36.8 Å². The van der Waals surface area contributed by atoms with Gasteiger partial charge in [-0.15, -0.1) is 0 Å². The summed E-state index contributed by atoms with van der Waals surface area (Å²) in [5, 5.41) is 12.4. The summed E-state index contributed by atoms with van der Waals surface area (Å²) in [7, 11) is 0. The Labute approximate surface area is 134 Å². The van der Waals surface area contributed by atoms with E-state index >= 15 is 0 Å². The third kappa shape index (κ3) is 2.46. The van der Waals surface area contributed by atoms with E-state index in [0.29, 0.717) is 22.0 Å². The number of quaternary nitrogens is 1. The van der Waals surface area contributed by atoms with E-state index in [0.717, 1.165) is 18.0 Å². The van der Waals surface area contributed by atoms with Gasteiger partial charge >= 0.3 is 0 Å². The van der Waals surface area contributed by atoms with Crippen molar-refractivity contribution in [2.45, 2.75) is 58.9 Å². The molecule has 0 saturated heterocycles. The molecule has 4 bridgehead atoms. The van der Waals surface area contributed by atoms with Crippen LogP contribution in [0, 0.1) is 22.2 Å². The molecule has 0 aromatic heterocycles. The zero-order chi connectivity index (χ0) is 15.4. The van der Waals surface area contributed by atoms with Gasteiger partial charge in [0.1, 0.15) is 12.3 Å². The molecule has 0 amide bonds. The summed E-state index contributed by atoms with van der Waals surface area (Å²) in [6.45, 7) is 7.25. The summed E-state index contributed by atoms with van der Waals surface area (Å²) in [6.07, 6.45) is 8.73. The molecule has 4 fully saturated rings. The van der Waals surface area contributed by atoms with Crippen LogP contribution in [0.4, 0.5) is 0 Å². The number of para-hydroxylation sites is 1. The SMILES string of the molecule is C[C@]12CC3CC(C[NH2+]Cc4ccccc4O)(C1)C[C@@](C)(C3)C2. The van der Waals surface area contributed by atoms with Crippen molar-refractivity contribution in [1.82, 2.24) is 0 Å². The van der Waals surface area contributed by atoms with Gasteiger partial charge in [0, 0.05) is 11.0 Å². The quantitative estimate of drug-likeness (QED) is 0.878. The van der Waals surface area contributed by atoms with Crippen LogP contribution in [-0.2, 0) is 6.54 Å². The highest BCUT2D eigenvalue weighted by molar-refractivity contribution is 5.30. The summed E-state index contributed by atoms with van der Waals surface area (Å²) in [4.78, 5) is 0. The Hall–Kier alpha value is -1.02. The van der Waals surface area contributed by atoms with Crippen LogP contribution >= 0.6 is 0 Å². The van der Waals surface area contributed by atoms with E-state index in [1.54, 1.807) is 6.07 Å². The standard InChI is InChI=1S/C20H29NO/c1-18-7-15-8-19(2,11-18)13-20(9-15,12-18)14-21-10-16-5-3-4-6-17(16)22/h3-6,15,21-22H,7-14H2,1-2H3/p+1/t15?,18-,19+,20?. The van der Waals surface area contributed by atoms with Crippen LogP contribution in [0.25, 0.3) is 0 Å². The van der Waals surface area contributed by atoms with Gasteiger partial charge in [0.15, 0.2) is 0 Å². The molecule has 2 heteroatoms. The van der Waals surface area contributed by atoms with E-state index in [2.05, 4.69) is 19.2 Å². The van der Waals surface area contributed by atoms with Gasteiger partial charge in [-0.1, -0.05) is 26.0 Å². The minimum Gasteiger partial charge on any atom is -0.507 e. The molecule has 2 unspecified atom stereocenters. The van der Waals surface area contributed by atoms with Crippen LogP contribution in [0.5, 0.6) is 5.75 Å². The van der Waals surface area contributed by atoms with E-state index in [-0.39, 0.29) is 0 Å². The number of nitrogens with two attached hydrogens (primary N) is 1. The highest BCUT2D eigenvalue weighted by atomic mass is 16.3. The molecule has 4 atom stereocenters. The van der Waals surface area contributed by atoms with E-state index in [9.17, 15) is 5.11 Å². The lowest BCUT2D eigenvalue weighted by Crippen LogP contribution is -2.86. The third-order valence-electron chi connectivity index (χ3n) is 6.67. The van der Waals surface area contributed by atoms with Gasteiger partial charge in [0.2, 0.25) is 0 Å². The fourth-order valence-electron chi connectivity index (χ4n) is 7.13. The summed E-state index contributed by atoms with van der Waals surface area (Å²) in [6, 6.07) is 7.78. The Morgan fingerprint density at radius 3 is 2.36 bits per heavy atom. The van der Waals surface area contributed by atoms with E-state index < -0.39 is 0 Å². The maximum atomic E-state index is 9.93. The molecule has 0 heterocycles. The Morgan fingerprint density at radius 2 is 1.73 bits per heavy atom. The van der Waals surface area contributed by atoms with E-state index in [1.807, 2.05) is 18.2 Å². The molecule has 5 rings (SSSR count). The smallest absolute Gasteiger partial charge is 0.124 e. The van der Waals surface area contributed by atoms with Gasteiger partial charge in [-0.05, 0) is 67.4 Å². The van der Waals surface area contributed by atoms with Crippen LogP contribution in [0.1, 0.15) is 57.9 Å². The maximum absolute atomic E-state index is 9.93. The lowest BCUT2D eigenvalue weighted by molar-refractivity contribution is -0.685. The van der Waals surface area contributed by atoms with Crippen LogP contribution in [0.2, 0.25) is 0 Å². The molecule has 1 aromatic carbocycles. The average molecular weight is 300 g/mol. The summed E-state index contributed by atoms with van der Waals surface area (Å²) in [5.74, 6) is 1.42. The predicted octanol–water partition coefficient (Wildman–Crippen LogP) is 3.45. The van der Waals surface area contributed by atoms with Crippen molar-refractivity contribution in [1.29, 1.82) is 0 Å². The van der Waals surface area contributed by atoms with Crippen molar-refractivity contribution in [3.63, 3.8) is 0 Å². The molecule has 4 saturated carbocycles. The molecule has 4 aliphatic carbocycles.